The van der Waals surface area contributed by atoms with Gasteiger partial charge in [0.05, 0.1) is 29.7 Å². The molecule has 0 saturated heterocycles. The van der Waals surface area contributed by atoms with Crippen molar-refractivity contribution in [3.63, 3.8) is 0 Å². The molecule has 1 aromatic carbocycles. The average molecular weight is 937 g/mol. The molecule has 2 amide bonds. The van der Waals surface area contributed by atoms with E-state index < -0.39 is 52.2 Å². The number of aryl methyl sites for hydroxylation is 1. The van der Waals surface area contributed by atoms with Gasteiger partial charge in [0.25, 0.3) is 5.91 Å². The molecule has 5 saturated carbocycles. The molecule has 6 aliphatic carbocycles. The molecule has 3 N–H and O–H groups in total. The SMILES string of the molecule is CCOC(=O)n1nc(-c2ccc(C)cc2)cc1C(=O)NC(C)(C)C(=O)N[C@@]12CC[C@]3(C)[C@H](CC[C@@H]4[C@@]5(C)CC[C@H](OC(=O)[C@H]6C[C@@H](C(=O)O)C6(C)C)C(C)(C)[C@@H]5CC[C@]43C)C1=C(C(C)C)C(=O)C2. The van der Waals surface area contributed by atoms with E-state index in [-0.39, 0.29) is 70.1 Å². The molecular weight excluding hydrogens is 861 g/mol. The predicted octanol–water partition coefficient (Wildman–Crippen LogP) is 9.88. The highest BCUT2D eigenvalue weighted by atomic mass is 16.6. The molecule has 68 heavy (non-hydrogen) atoms. The Balaban J connectivity index is 1.03. The van der Waals surface area contributed by atoms with Crippen LogP contribution in [0.4, 0.5) is 4.79 Å². The first-order chi connectivity index (χ1) is 31.6. The van der Waals surface area contributed by atoms with Crippen LogP contribution in [0.2, 0.25) is 0 Å². The zero-order chi connectivity index (χ0) is 49.9. The highest BCUT2D eigenvalue weighted by Gasteiger charge is 2.71. The maximum atomic E-state index is 14.8. The summed E-state index contributed by atoms with van der Waals surface area (Å²) in [5.41, 5.74) is 0.446. The van der Waals surface area contributed by atoms with Crippen molar-refractivity contribution in [1.29, 1.82) is 0 Å². The lowest BCUT2D eigenvalue weighted by Crippen LogP contribution is -2.68. The van der Waals surface area contributed by atoms with E-state index in [0.717, 1.165) is 66.3 Å². The van der Waals surface area contributed by atoms with Crippen molar-refractivity contribution in [3.05, 3.63) is 52.7 Å². The molecule has 0 aliphatic heterocycles. The molecule has 2 aromatic rings. The predicted molar refractivity (Wildman–Crippen MR) is 257 cm³/mol. The Bertz CT molecular complexity index is 2460. The summed E-state index contributed by atoms with van der Waals surface area (Å²) in [6, 6.07) is 9.10. The van der Waals surface area contributed by atoms with Crippen molar-refractivity contribution in [1.82, 2.24) is 20.4 Å². The van der Waals surface area contributed by atoms with Gasteiger partial charge in [-0.3, -0.25) is 24.0 Å². The molecule has 0 bridgehead atoms. The van der Waals surface area contributed by atoms with Crippen molar-refractivity contribution in [3.8, 4) is 11.3 Å². The highest BCUT2D eigenvalue weighted by Crippen LogP contribution is 2.76. The number of carboxylic acids is 1. The van der Waals surface area contributed by atoms with Gasteiger partial charge in [-0.1, -0.05) is 92.1 Å². The van der Waals surface area contributed by atoms with Gasteiger partial charge in [-0.2, -0.15) is 9.78 Å². The molecule has 0 radical (unpaired) electrons. The first-order valence-electron chi connectivity index (χ1n) is 25.3. The Morgan fingerprint density at radius 3 is 2.16 bits per heavy atom. The molecule has 13 heteroatoms. The molecule has 1 aromatic heterocycles. The van der Waals surface area contributed by atoms with Gasteiger partial charge in [0, 0.05) is 17.4 Å². The average Bonchev–Trinajstić information content (AvgIpc) is 3.81. The number of carboxylic acid groups (broad SMARTS) is 1. The van der Waals surface area contributed by atoms with Crippen LogP contribution >= 0.6 is 0 Å². The summed E-state index contributed by atoms with van der Waals surface area (Å²) >= 11 is 0. The van der Waals surface area contributed by atoms with Crippen molar-refractivity contribution in [2.75, 3.05) is 6.61 Å². The number of allylic oxidation sites excluding steroid dienone is 1. The smallest absolute Gasteiger partial charge is 0.435 e. The van der Waals surface area contributed by atoms with Crippen LogP contribution in [-0.2, 0) is 28.7 Å². The second-order valence-electron chi connectivity index (χ2n) is 24.5. The number of hydrogen-bond donors (Lipinski definition) is 3. The van der Waals surface area contributed by atoms with E-state index in [0.29, 0.717) is 35.9 Å². The number of benzene rings is 1. The third-order valence-electron chi connectivity index (χ3n) is 19.6. The van der Waals surface area contributed by atoms with Crippen LogP contribution < -0.4 is 10.6 Å². The third kappa shape index (κ3) is 7.48. The zero-order valence-corrected chi connectivity index (χ0v) is 42.8. The molecule has 370 valence electrons. The van der Waals surface area contributed by atoms with E-state index in [2.05, 4.69) is 64.2 Å². The van der Waals surface area contributed by atoms with E-state index >= 15 is 0 Å². The molecule has 13 nitrogen and oxygen atoms in total. The summed E-state index contributed by atoms with van der Waals surface area (Å²) < 4.78 is 12.6. The van der Waals surface area contributed by atoms with Crippen molar-refractivity contribution in [2.24, 2.45) is 62.6 Å². The lowest BCUT2D eigenvalue weighted by Gasteiger charge is -2.72. The summed E-state index contributed by atoms with van der Waals surface area (Å²) in [6.07, 6.45) is 6.37. The van der Waals surface area contributed by atoms with Gasteiger partial charge in [-0.15, -0.1) is 0 Å². The summed E-state index contributed by atoms with van der Waals surface area (Å²) in [6.45, 7) is 26.9. The first kappa shape index (κ1) is 49.6. The Hall–Kier alpha value is -4.81. The fraction of sp³-hybridized carbons (Fsp3) is 0.691. The van der Waals surface area contributed by atoms with Crippen LogP contribution in [0.15, 0.2) is 41.5 Å². The Morgan fingerprint density at radius 1 is 0.868 bits per heavy atom. The van der Waals surface area contributed by atoms with E-state index in [9.17, 15) is 33.9 Å². The maximum absolute atomic E-state index is 14.8. The van der Waals surface area contributed by atoms with E-state index in [4.69, 9.17) is 9.47 Å². The zero-order valence-electron chi connectivity index (χ0n) is 42.8. The lowest BCUT2D eigenvalue weighted by molar-refractivity contribution is -0.235. The van der Waals surface area contributed by atoms with Crippen molar-refractivity contribution < 1.29 is 43.3 Å². The van der Waals surface area contributed by atoms with Gasteiger partial charge < -0.3 is 25.2 Å². The summed E-state index contributed by atoms with van der Waals surface area (Å²) in [5.74, 6) is -2.39. The molecule has 10 atom stereocenters. The van der Waals surface area contributed by atoms with Crippen LogP contribution in [0.25, 0.3) is 11.3 Å². The topological polar surface area (TPSA) is 183 Å². The highest BCUT2D eigenvalue weighted by molar-refractivity contribution is 6.04. The van der Waals surface area contributed by atoms with E-state index in [1.807, 2.05) is 45.0 Å². The molecule has 0 spiro atoms. The van der Waals surface area contributed by atoms with Crippen LogP contribution in [0, 0.1) is 69.5 Å². The number of ether oxygens (including phenoxy) is 2. The molecule has 1 heterocycles. The van der Waals surface area contributed by atoms with Crippen LogP contribution in [-0.4, -0.2) is 74.3 Å². The van der Waals surface area contributed by atoms with E-state index in [1.54, 1.807) is 20.8 Å². The Kier molecular flexibility index (Phi) is 12.2. The Labute approximate surface area is 402 Å². The number of aliphatic carboxylic acids is 1. The second-order valence-corrected chi connectivity index (χ2v) is 24.5. The van der Waals surface area contributed by atoms with Gasteiger partial charge in [0.1, 0.15) is 17.3 Å². The van der Waals surface area contributed by atoms with Gasteiger partial charge in [0.15, 0.2) is 5.78 Å². The van der Waals surface area contributed by atoms with Crippen LogP contribution in [0.3, 0.4) is 0 Å². The largest absolute Gasteiger partial charge is 0.481 e. The molecule has 6 aliphatic rings. The maximum Gasteiger partial charge on any atom is 0.435 e. The monoisotopic (exact) mass is 937 g/mol. The standard InChI is InChI=1S/C55H76N4O9/c1-14-67-48(66)59-37(28-36(58-59)32-17-15-31(4)16-18-32)44(61)56-51(9,10)47(65)57-55-26-25-53(12)33(43(55)42(30(2)3)38(60)29-55)19-20-40-52(11)23-22-41(50(7,8)39(52)21-24-54(40,53)13)68-46(64)35-27-34(45(62)63)49(35,5)6/h15-18,28,30,33-35,39-41H,14,19-27,29H2,1-13H3,(H,56,61)(H,57,65)(H,62,63)/t33-,34+,35-,39+,40-,41+,52+,53-,54-,55-/m1/s1. The number of carbonyl (C=O) groups excluding carboxylic acids is 5. The van der Waals surface area contributed by atoms with E-state index in [1.165, 1.54) is 6.07 Å². The third-order valence-corrected chi connectivity index (χ3v) is 19.6. The molecular formula is C55H76N4O9. The number of fused-ring (bicyclic) bond motifs is 7. The van der Waals surface area contributed by atoms with Crippen molar-refractivity contribution in [2.45, 2.75) is 171 Å². The minimum Gasteiger partial charge on any atom is -0.481 e. The Morgan fingerprint density at radius 2 is 1.54 bits per heavy atom. The number of nitrogens with one attached hydrogen (secondary N) is 2. The summed E-state index contributed by atoms with van der Waals surface area (Å²) in [4.78, 5) is 82.0. The quantitative estimate of drug-likeness (QED) is 0.194. The van der Waals surface area contributed by atoms with Gasteiger partial charge in [-0.05, 0) is 148 Å². The number of esters is 1. The van der Waals surface area contributed by atoms with Gasteiger partial charge in [0.2, 0.25) is 5.91 Å². The van der Waals surface area contributed by atoms with Crippen molar-refractivity contribution >= 4 is 35.6 Å². The number of rotatable bonds is 10. The van der Waals surface area contributed by atoms with Crippen LogP contribution in [0.1, 0.15) is 163 Å². The minimum atomic E-state index is -1.46. The number of aromatic nitrogens is 2. The number of Topliss-reactive ketones (excluding diaryl/α,β-unsaturated/α-hetero) is 1. The number of nitrogens with zero attached hydrogens (tertiary/aromatic N) is 2. The van der Waals surface area contributed by atoms with Gasteiger partial charge in [-0.25, -0.2) is 4.79 Å². The number of amides is 2. The fourth-order valence-electron chi connectivity index (χ4n) is 15.4. The first-order valence-corrected chi connectivity index (χ1v) is 25.3. The normalized spacial score (nSPS) is 34.6. The number of hydrogen-bond acceptors (Lipinski definition) is 9. The second kappa shape index (κ2) is 16.7. The summed E-state index contributed by atoms with van der Waals surface area (Å²) in [5, 5.41) is 20.5. The fourth-order valence-corrected chi connectivity index (χ4v) is 15.4. The molecule has 0 unspecified atom stereocenters. The van der Waals surface area contributed by atoms with Crippen LogP contribution in [0.5, 0.6) is 0 Å². The lowest BCUT2D eigenvalue weighted by atomic mass is 9.33. The number of ketones is 1. The van der Waals surface area contributed by atoms with Gasteiger partial charge >= 0.3 is 18.0 Å². The molecule has 5 fully saturated rings. The minimum absolute atomic E-state index is 0.0210. The number of carbonyl (C=O) groups is 6. The summed E-state index contributed by atoms with van der Waals surface area (Å²) in [7, 11) is 0. The molecule has 8 rings (SSSR count).